The zero-order valence-electron chi connectivity index (χ0n) is 23.6. The van der Waals surface area contributed by atoms with Gasteiger partial charge in [0.05, 0.1) is 18.3 Å². The van der Waals surface area contributed by atoms with E-state index < -0.39 is 20.1 Å². The fourth-order valence-corrected chi connectivity index (χ4v) is 10.0. The molecule has 206 valence electrons. The van der Waals surface area contributed by atoms with E-state index in [9.17, 15) is 0 Å². The van der Waals surface area contributed by atoms with Crippen molar-refractivity contribution in [1.82, 2.24) is 0 Å². The lowest BCUT2D eigenvalue weighted by molar-refractivity contribution is -0.00547. The third-order valence-electron chi connectivity index (χ3n) is 8.94. The minimum atomic E-state index is -0.815. The normalized spacial score (nSPS) is 28.8. The standard InChI is InChI=1S/C32H48O3S2/c1-24-6-7-26(23-33-24)19-21-37(4,5)30-15-11-28(12-16-30)34-27-9-13-29(14-10-27)36(2,3)20-18-25-8-17-31-32(22-25)35-31/h9-16,24-26,31-32H,6-8,17-23H2,1-5H3. The summed E-state index contributed by atoms with van der Waals surface area (Å²) in [5.74, 6) is 6.01. The summed E-state index contributed by atoms with van der Waals surface area (Å²) in [6, 6.07) is 17.8. The first-order valence-electron chi connectivity index (χ1n) is 14.3. The molecule has 5 rings (SSSR count). The summed E-state index contributed by atoms with van der Waals surface area (Å²) in [7, 11) is -1.61. The zero-order chi connectivity index (χ0) is 26.0. The number of ether oxygens (including phenoxy) is 3. The second kappa shape index (κ2) is 11.5. The Kier molecular flexibility index (Phi) is 8.55. The summed E-state index contributed by atoms with van der Waals surface area (Å²) < 4.78 is 17.9. The maximum Gasteiger partial charge on any atom is 0.127 e. The van der Waals surface area contributed by atoms with Gasteiger partial charge in [-0.05, 0) is 159 Å². The van der Waals surface area contributed by atoms with Crippen LogP contribution in [0.15, 0.2) is 58.3 Å². The quantitative estimate of drug-likeness (QED) is 0.281. The molecular weight excluding hydrogens is 496 g/mol. The number of benzene rings is 2. The first-order valence-corrected chi connectivity index (χ1v) is 19.5. The maximum absolute atomic E-state index is 6.24. The minimum Gasteiger partial charge on any atom is -0.457 e. The lowest BCUT2D eigenvalue weighted by Gasteiger charge is -2.35. The Morgan fingerprint density at radius 1 is 0.703 bits per heavy atom. The molecule has 0 amide bonds. The van der Waals surface area contributed by atoms with Crippen molar-refractivity contribution in [2.45, 2.75) is 80.0 Å². The molecule has 2 aromatic rings. The van der Waals surface area contributed by atoms with Gasteiger partial charge in [0.1, 0.15) is 11.5 Å². The second-order valence-electron chi connectivity index (χ2n) is 12.6. The molecule has 5 heteroatoms. The minimum absolute atomic E-state index is 0.445. The predicted octanol–water partition coefficient (Wildman–Crippen LogP) is 8.49. The molecule has 37 heavy (non-hydrogen) atoms. The Labute approximate surface area is 228 Å². The molecule has 0 aromatic heterocycles. The van der Waals surface area contributed by atoms with Crippen LogP contribution in [-0.4, -0.2) is 61.4 Å². The van der Waals surface area contributed by atoms with E-state index in [1.165, 1.54) is 66.2 Å². The van der Waals surface area contributed by atoms with Crippen LogP contribution in [0.1, 0.15) is 51.9 Å². The highest BCUT2D eigenvalue weighted by Gasteiger charge is 2.43. The molecular formula is C32H48O3S2. The largest absolute Gasteiger partial charge is 0.457 e. The van der Waals surface area contributed by atoms with Gasteiger partial charge in [-0.2, -0.15) is 0 Å². The third-order valence-corrected chi connectivity index (χ3v) is 14.6. The topological polar surface area (TPSA) is 31.0 Å². The SMILES string of the molecule is CC1CCC(CCS(C)(C)c2ccc(Oc3ccc(S(C)(C)CCC4CCC5OC5C4)cc3)cc2)CO1. The number of hydrogen-bond acceptors (Lipinski definition) is 3. The van der Waals surface area contributed by atoms with E-state index >= 15 is 0 Å². The van der Waals surface area contributed by atoms with Gasteiger partial charge < -0.3 is 14.2 Å². The Bertz CT molecular complexity index is 1010. The van der Waals surface area contributed by atoms with E-state index in [0.717, 1.165) is 29.9 Å². The van der Waals surface area contributed by atoms with Crippen LogP contribution >= 0.6 is 20.1 Å². The summed E-state index contributed by atoms with van der Waals surface area (Å²) in [6.45, 7) is 3.14. The molecule has 2 saturated heterocycles. The summed E-state index contributed by atoms with van der Waals surface area (Å²) >= 11 is 0. The predicted molar refractivity (Wildman–Crippen MR) is 161 cm³/mol. The smallest absolute Gasteiger partial charge is 0.127 e. The van der Waals surface area contributed by atoms with Crippen molar-refractivity contribution in [2.24, 2.45) is 11.8 Å². The highest BCUT2D eigenvalue weighted by atomic mass is 32.3. The average molecular weight is 545 g/mol. The lowest BCUT2D eigenvalue weighted by atomic mass is 9.88. The summed E-state index contributed by atoms with van der Waals surface area (Å²) in [5, 5.41) is 0. The van der Waals surface area contributed by atoms with Gasteiger partial charge in [-0.1, -0.05) is 0 Å². The molecule has 5 atom stereocenters. The third kappa shape index (κ3) is 7.29. The highest BCUT2D eigenvalue weighted by molar-refractivity contribution is 8.33. The molecule has 3 aliphatic rings. The van der Waals surface area contributed by atoms with Crippen molar-refractivity contribution in [2.75, 3.05) is 43.1 Å². The molecule has 0 N–H and O–H groups in total. The van der Waals surface area contributed by atoms with Crippen LogP contribution in [0, 0.1) is 11.8 Å². The first kappa shape index (κ1) is 27.4. The molecule has 3 fully saturated rings. The molecule has 2 heterocycles. The Morgan fingerprint density at radius 3 is 1.76 bits per heavy atom. The molecule has 5 unspecified atom stereocenters. The van der Waals surface area contributed by atoms with Crippen molar-refractivity contribution in [3.05, 3.63) is 48.5 Å². The molecule has 0 radical (unpaired) electrons. The van der Waals surface area contributed by atoms with Crippen molar-refractivity contribution < 1.29 is 14.2 Å². The Hall–Kier alpha value is -1.14. The van der Waals surface area contributed by atoms with Crippen molar-refractivity contribution in [1.29, 1.82) is 0 Å². The van der Waals surface area contributed by atoms with Crippen LogP contribution in [0.4, 0.5) is 0 Å². The van der Waals surface area contributed by atoms with Crippen LogP contribution in [0.5, 0.6) is 11.5 Å². The van der Waals surface area contributed by atoms with Crippen LogP contribution in [0.2, 0.25) is 0 Å². The second-order valence-corrected chi connectivity index (χ2v) is 20.5. The van der Waals surface area contributed by atoms with Gasteiger partial charge in [0.2, 0.25) is 0 Å². The number of hydrogen-bond donors (Lipinski definition) is 0. The lowest BCUT2D eigenvalue weighted by Crippen LogP contribution is -2.24. The summed E-state index contributed by atoms with van der Waals surface area (Å²) in [6.07, 6.45) is 20.5. The van der Waals surface area contributed by atoms with Crippen LogP contribution in [0.3, 0.4) is 0 Å². The molecule has 2 aromatic carbocycles. The zero-order valence-corrected chi connectivity index (χ0v) is 25.3. The van der Waals surface area contributed by atoms with Crippen LogP contribution in [-0.2, 0) is 9.47 Å². The van der Waals surface area contributed by atoms with Gasteiger partial charge in [0.25, 0.3) is 0 Å². The van der Waals surface area contributed by atoms with Gasteiger partial charge in [0.15, 0.2) is 0 Å². The Balaban J connectivity index is 1.11. The van der Waals surface area contributed by atoms with Crippen LogP contribution in [0.25, 0.3) is 0 Å². The molecule has 1 aliphatic carbocycles. The number of rotatable bonds is 10. The van der Waals surface area contributed by atoms with E-state index in [4.69, 9.17) is 14.2 Å². The van der Waals surface area contributed by atoms with E-state index in [-0.39, 0.29) is 0 Å². The molecule has 1 saturated carbocycles. The Morgan fingerprint density at radius 2 is 1.24 bits per heavy atom. The van der Waals surface area contributed by atoms with Crippen molar-refractivity contribution in [3.63, 3.8) is 0 Å². The van der Waals surface area contributed by atoms with Crippen molar-refractivity contribution in [3.8, 4) is 11.5 Å². The van der Waals surface area contributed by atoms with Crippen molar-refractivity contribution >= 4 is 20.1 Å². The monoisotopic (exact) mass is 544 g/mol. The number of fused-ring (bicyclic) bond motifs is 1. The van der Waals surface area contributed by atoms with Gasteiger partial charge in [-0.15, -0.1) is 0 Å². The summed E-state index contributed by atoms with van der Waals surface area (Å²) in [5.41, 5.74) is 0. The summed E-state index contributed by atoms with van der Waals surface area (Å²) in [4.78, 5) is 2.95. The van der Waals surface area contributed by atoms with Gasteiger partial charge in [0, 0.05) is 6.61 Å². The number of epoxide rings is 1. The molecule has 2 aliphatic heterocycles. The van der Waals surface area contributed by atoms with Crippen LogP contribution < -0.4 is 4.74 Å². The maximum atomic E-state index is 6.24. The van der Waals surface area contributed by atoms with Gasteiger partial charge in [-0.25, -0.2) is 20.1 Å². The highest BCUT2D eigenvalue weighted by Crippen LogP contribution is 2.52. The van der Waals surface area contributed by atoms with E-state index in [2.05, 4.69) is 80.5 Å². The fraction of sp³-hybridized carbons (Fsp3) is 0.625. The molecule has 0 spiro atoms. The van der Waals surface area contributed by atoms with E-state index in [1.54, 1.807) is 0 Å². The van der Waals surface area contributed by atoms with Gasteiger partial charge in [-0.3, -0.25) is 0 Å². The fourth-order valence-electron chi connectivity index (χ4n) is 5.96. The van der Waals surface area contributed by atoms with E-state index in [1.807, 2.05) is 0 Å². The van der Waals surface area contributed by atoms with Gasteiger partial charge >= 0.3 is 0 Å². The first-order chi connectivity index (χ1) is 17.7. The molecule has 3 nitrogen and oxygen atoms in total. The molecule has 0 bridgehead atoms. The average Bonchev–Trinajstić information content (AvgIpc) is 3.67. The van der Waals surface area contributed by atoms with E-state index in [0.29, 0.717) is 18.3 Å².